The van der Waals surface area contributed by atoms with Crippen molar-refractivity contribution < 1.29 is 92.0 Å². The number of aldehydes is 1. The van der Waals surface area contributed by atoms with Crippen LogP contribution >= 0.6 is 0 Å². The molecule has 0 bridgehead atoms. The first-order valence-electron chi connectivity index (χ1n) is 16.2. The van der Waals surface area contributed by atoms with Gasteiger partial charge in [-0.2, -0.15) is 13.2 Å². The molecule has 51 heavy (non-hydrogen) atoms. The molecule has 2 aromatic heterocycles. The summed E-state index contributed by atoms with van der Waals surface area (Å²) >= 11 is 0. The van der Waals surface area contributed by atoms with Crippen LogP contribution in [0.2, 0.25) is 0 Å². The molecule has 0 saturated heterocycles. The summed E-state index contributed by atoms with van der Waals surface area (Å²) in [5, 5.41) is 17.4. The zero-order valence-electron chi connectivity index (χ0n) is 30.9. The second-order valence-electron chi connectivity index (χ2n) is 10.6. The topological polar surface area (TPSA) is 127 Å². The van der Waals surface area contributed by atoms with Crippen LogP contribution in [-0.2, 0) is 25.7 Å². The number of aromatic nitrogens is 2. The van der Waals surface area contributed by atoms with Crippen LogP contribution in [0.4, 0.5) is 42.1 Å². The smallest absolute Gasteiger partial charge is 0.657 e. The van der Waals surface area contributed by atoms with Crippen molar-refractivity contribution in [1.29, 1.82) is 0 Å². The quantitative estimate of drug-likeness (QED) is 0.0544. The van der Waals surface area contributed by atoms with Gasteiger partial charge < -0.3 is 26.8 Å². The van der Waals surface area contributed by atoms with Crippen molar-refractivity contribution >= 4 is 17.7 Å². The van der Waals surface area contributed by atoms with E-state index in [2.05, 4.69) is 25.9 Å². The maximum Gasteiger partial charge on any atom is 1.00 e. The van der Waals surface area contributed by atoms with E-state index in [1.165, 1.54) is 12.3 Å². The number of halogens is 7. The fourth-order valence-electron chi connectivity index (χ4n) is 4.36. The van der Waals surface area contributed by atoms with Crippen LogP contribution in [0.3, 0.4) is 0 Å². The van der Waals surface area contributed by atoms with E-state index in [4.69, 9.17) is 10.8 Å². The number of nitrogens with one attached hydrogen (secondary N) is 2. The molecule has 0 radical (unpaired) electrons. The van der Waals surface area contributed by atoms with Gasteiger partial charge in [0.15, 0.2) is 12.1 Å². The van der Waals surface area contributed by atoms with E-state index in [0.29, 0.717) is 55.5 Å². The van der Waals surface area contributed by atoms with Crippen LogP contribution in [0, 0.1) is 24.5 Å². The zero-order valence-corrected chi connectivity index (χ0v) is 34.0. The Hall–Kier alpha value is -2.18. The molecule has 1 atom stereocenters. The Morgan fingerprint density at radius 2 is 1.73 bits per heavy atom. The number of anilines is 2. The minimum absolute atomic E-state index is 0. The van der Waals surface area contributed by atoms with Crippen molar-refractivity contribution in [3.8, 4) is 11.3 Å². The van der Waals surface area contributed by atoms with Crippen molar-refractivity contribution in [3.63, 3.8) is 0 Å². The molecule has 282 valence electrons. The van der Waals surface area contributed by atoms with Crippen LogP contribution in [0.5, 0.6) is 0 Å². The maximum absolute atomic E-state index is 16.2. The minimum atomic E-state index is -4.99. The molecule has 0 amide bonds. The van der Waals surface area contributed by atoms with Gasteiger partial charge in [-0.15, -0.1) is 13.1 Å². The Morgan fingerprint density at radius 3 is 2.18 bits per heavy atom. The number of benzene rings is 1. The van der Waals surface area contributed by atoms with Gasteiger partial charge in [-0.25, -0.2) is 22.5 Å². The number of alkyl halides is 5. The molecule has 2 heterocycles. The number of likely N-dealkylation sites (N-methyl/N-ethyl adjacent to an activating group) is 1. The van der Waals surface area contributed by atoms with E-state index in [1.54, 1.807) is 27.0 Å². The van der Waals surface area contributed by atoms with E-state index in [0.717, 1.165) is 20.1 Å². The molecule has 0 spiro atoms. The number of aryl methyl sites for hydroxylation is 1. The number of carbonyl (C=O) groups is 1. The Morgan fingerprint density at radius 1 is 1.10 bits per heavy atom. The average Bonchev–Trinajstić information content (AvgIpc) is 3.10. The molecule has 0 fully saturated rings. The van der Waals surface area contributed by atoms with Crippen molar-refractivity contribution in [2.75, 3.05) is 38.3 Å². The summed E-state index contributed by atoms with van der Waals surface area (Å²) < 4.78 is 95.8. The second-order valence-corrected chi connectivity index (χ2v) is 10.6. The summed E-state index contributed by atoms with van der Waals surface area (Å²) in [6, 6.07) is 3.89. The maximum atomic E-state index is 16.2. The number of hydrogen-bond donors (Lipinski definition) is 4. The van der Waals surface area contributed by atoms with Gasteiger partial charge in [-0.05, 0) is 62.2 Å². The first kappa shape index (κ1) is 50.9. The molecule has 5 N–H and O–H groups in total. The molecule has 0 aliphatic heterocycles. The molecule has 3 rings (SSSR count). The van der Waals surface area contributed by atoms with Gasteiger partial charge in [0, 0.05) is 37.0 Å². The predicted molar refractivity (Wildman–Crippen MR) is 185 cm³/mol. The SMILES string of the molecule is CC.CCC(C)C(F)F.CCCc1nc(-c2cc(N)c(F)c(C)c2C(F)(F)F)c(F)c(NCc2ccc(C=O)nc2)c1C[N-]CCNC.CO.[K+]. The third kappa shape index (κ3) is 15.8. The standard InChI is InChI=1S/C27H30F5N6O.C5H10F2.C2H6.CH4O.K/c1-4-5-21-19(13-35-9-8-34-3)25(37-12-16-6-7-17(14-39)36-11-16)24(29)26(38-21)18-10-20(33)23(28)15(2)22(18)27(30,31)32;1-3-4(2)5(6)7;2*1-2;/h6-7,10-11,14,34H,4-5,8-9,12-13,33H2,1-3H3,(H,37,38);4-5H,3H2,1-2H3;1-2H3;2H,1H3;/q-1;;;;+1. The van der Waals surface area contributed by atoms with Gasteiger partial charge in [0.2, 0.25) is 6.43 Å². The molecule has 3 aromatic rings. The number of nitrogen functional groups attached to an aromatic ring is 1. The van der Waals surface area contributed by atoms with Gasteiger partial charge in [0.1, 0.15) is 17.2 Å². The molecule has 1 aromatic carbocycles. The van der Waals surface area contributed by atoms with Crippen molar-refractivity contribution in [2.45, 2.75) is 86.5 Å². The van der Waals surface area contributed by atoms with Crippen LogP contribution in [0.15, 0.2) is 24.4 Å². The van der Waals surface area contributed by atoms with Gasteiger partial charge >= 0.3 is 57.6 Å². The van der Waals surface area contributed by atoms with E-state index >= 15 is 4.39 Å². The minimum Gasteiger partial charge on any atom is -0.657 e. The number of hydrogen-bond acceptors (Lipinski definition) is 7. The number of aliphatic hydroxyl groups is 1. The summed E-state index contributed by atoms with van der Waals surface area (Å²) in [6.45, 7) is 11.3. The number of nitrogens with two attached hydrogens (primary N) is 1. The summed E-state index contributed by atoms with van der Waals surface area (Å²) in [7, 11) is 2.76. The third-order valence-electron chi connectivity index (χ3n) is 7.18. The number of aliphatic hydroxyl groups excluding tert-OH is 1. The molecule has 0 aliphatic rings. The first-order valence-corrected chi connectivity index (χ1v) is 16.2. The van der Waals surface area contributed by atoms with E-state index < -0.39 is 58.2 Å². The second kappa shape index (κ2) is 26.6. The fraction of sp³-hybridized carbons (Fsp3) is 0.514. The Balaban J connectivity index is 0. The summed E-state index contributed by atoms with van der Waals surface area (Å²) in [4.78, 5) is 19.2. The van der Waals surface area contributed by atoms with Crippen molar-refractivity contribution in [1.82, 2.24) is 15.3 Å². The third-order valence-corrected chi connectivity index (χ3v) is 7.18. The largest absolute Gasteiger partial charge is 1.00 e. The number of nitrogens with zero attached hydrogens (tertiary/aromatic N) is 3. The molecule has 0 saturated carbocycles. The Bertz CT molecular complexity index is 1450. The molecule has 8 nitrogen and oxygen atoms in total. The fourth-order valence-corrected chi connectivity index (χ4v) is 4.36. The average molecular weight is 759 g/mol. The van der Waals surface area contributed by atoms with Crippen LogP contribution in [-0.4, -0.2) is 55.0 Å². The molecule has 16 heteroatoms. The number of rotatable bonds is 14. The number of carbonyl (C=O) groups excluding carboxylic acids is 1. The zero-order chi connectivity index (χ0) is 38.6. The van der Waals surface area contributed by atoms with Crippen LogP contribution < -0.4 is 67.8 Å². The van der Waals surface area contributed by atoms with E-state index in [-0.39, 0.29) is 75.9 Å². The number of pyridine rings is 2. The van der Waals surface area contributed by atoms with Crippen molar-refractivity contribution in [3.05, 3.63) is 75.0 Å². The van der Waals surface area contributed by atoms with Gasteiger partial charge in [0.25, 0.3) is 0 Å². The van der Waals surface area contributed by atoms with E-state index in [9.17, 15) is 31.1 Å². The molecular formula is C35H50F7KN6O2. The predicted octanol–water partition coefficient (Wildman–Crippen LogP) is 5.74. The van der Waals surface area contributed by atoms with Gasteiger partial charge in [-0.3, -0.25) is 9.78 Å². The normalized spacial score (nSPS) is 11.2. The Labute approximate surface area is 339 Å². The van der Waals surface area contributed by atoms with Gasteiger partial charge in [-0.1, -0.05) is 47.1 Å². The summed E-state index contributed by atoms with van der Waals surface area (Å²) in [5.74, 6) is -2.69. The molecular weight excluding hydrogens is 709 g/mol. The van der Waals surface area contributed by atoms with Gasteiger partial charge in [0.05, 0.1) is 16.9 Å². The summed E-state index contributed by atoms with van der Waals surface area (Å²) in [6.07, 6.45) is -3.62. The van der Waals surface area contributed by atoms with E-state index in [1.807, 2.05) is 20.8 Å². The Kier molecular flexibility index (Phi) is 26.5. The van der Waals surface area contributed by atoms with Crippen LogP contribution in [0.1, 0.15) is 85.9 Å². The molecule has 1 unspecified atom stereocenters. The monoisotopic (exact) mass is 758 g/mol. The molecule has 0 aliphatic carbocycles. The summed E-state index contributed by atoms with van der Waals surface area (Å²) in [5.41, 5.74) is 3.35. The van der Waals surface area contributed by atoms with Crippen molar-refractivity contribution in [2.24, 2.45) is 5.92 Å². The van der Waals surface area contributed by atoms with Crippen LogP contribution in [0.25, 0.3) is 16.6 Å². The first-order chi connectivity index (χ1) is 23.7.